The molecule has 1 aliphatic rings. The molecule has 1 aromatic heterocycles. The van der Waals surface area contributed by atoms with Crippen LogP contribution in [0.1, 0.15) is 23.7 Å². The lowest BCUT2D eigenvalue weighted by molar-refractivity contribution is 0.0943. The molecule has 2 N–H and O–H groups in total. The summed E-state index contributed by atoms with van der Waals surface area (Å²) in [7, 11) is 0. The number of thiophene rings is 1. The van der Waals surface area contributed by atoms with Crippen molar-refractivity contribution in [1.29, 1.82) is 0 Å². The molecule has 2 amide bonds. The Kier molecular flexibility index (Phi) is 2.73. The minimum absolute atomic E-state index is 0.0125. The highest BCUT2D eigenvalue weighted by atomic mass is 32.1. The predicted octanol–water partition coefficient (Wildman–Crippen LogP) is 1.39. The zero-order chi connectivity index (χ0) is 10.8. The third kappa shape index (κ3) is 1.87. The van der Waals surface area contributed by atoms with Crippen molar-refractivity contribution in [2.75, 3.05) is 0 Å². The second-order valence-corrected chi connectivity index (χ2v) is 4.27. The van der Waals surface area contributed by atoms with E-state index in [4.69, 9.17) is 0 Å². The molecule has 1 aromatic rings. The summed E-state index contributed by atoms with van der Waals surface area (Å²) in [6.45, 7) is 1.95. The van der Waals surface area contributed by atoms with Crippen molar-refractivity contribution in [3.63, 3.8) is 0 Å². The molecule has 2 atom stereocenters. The molecule has 2 heterocycles. The van der Waals surface area contributed by atoms with E-state index >= 15 is 0 Å². The fourth-order valence-corrected chi connectivity index (χ4v) is 2.35. The van der Waals surface area contributed by atoms with E-state index in [1.165, 1.54) is 11.3 Å². The minimum atomic E-state index is -0.419. The number of hydrogen-bond donors (Lipinski definition) is 2. The van der Waals surface area contributed by atoms with Crippen molar-refractivity contribution >= 4 is 23.2 Å². The first kappa shape index (κ1) is 10.2. The van der Waals surface area contributed by atoms with E-state index in [2.05, 4.69) is 10.6 Å². The first-order chi connectivity index (χ1) is 7.22. The van der Waals surface area contributed by atoms with Gasteiger partial charge >= 0.3 is 6.03 Å². The molecule has 5 heteroatoms. The lowest BCUT2D eigenvalue weighted by Crippen LogP contribution is -2.40. The number of ketones is 1. The molecule has 15 heavy (non-hydrogen) atoms. The van der Waals surface area contributed by atoms with E-state index in [1.54, 1.807) is 11.4 Å². The van der Waals surface area contributed by atoms with Gasteiger partial charge in [-0.05, 0) is 17.9 Å². The van der Waals surface area contributed by atoms with Crippen molar-refractivity contribution in [2.24, 2.45) is 0 Å². The van der Waals surface area contributed by atoms with E-state index in [1.807, 2.05) is 12.3 Å². The summed E-state index contributed by atoms with van der Waals surface area (Å²) in [5.41, 5.74) is 0.674. The van der Waals surface area contributed by atoms with Crippen LogP contribution in [0.5, 0.6) is 0 Å². The van der Waals surface area contributed by atoms with Crippen LogP contribution in [-0.2, 0) is 0 Å². The maximum atomic E-state index is 12.0. The number of amides is 2. The summed E-state index contributed by atoms with van der Waals surface area (Å²) in [4.78, 5) is 23.1. The van der Waals surface area contributed by atoms with Crippen molar-refractivity contribution in [3.8, 4) is 0 Å². The second kappa shape index (κ2) is 4.02. The number of rotatable bonds is 3. The summed E-state index contributed by atoms with van der Waals surface area (Å²) in [6, 6.07) is 1.02. The Morgan fingerprint density at radius 2 is 2.33 bits per heavy atom. The van der Waals surface area contributed by atoms with Crippen LogP contribution >= 0.6 is 11.3 Å². The van der Waals surface area contributed by atoms with Crippen molar-refractivity contribution in [2.45, 2.75) is 25.4 Å². The Labute approximate surface area is 91.7 Å². The van der Waals surface area contributed by atoms with Crippen LogP contribution in [0.25, 0.3) is 0 Å². The van der Waals surface area contributed by atoms with Crippen LogP contribution in [0.15, 0.2) is 16.8 Å². The maximum Gasteiger partial charge on any atom is 0.315 e. The average molecular weight is 224 g/mol. The predicted molar refractivity (Wildman–Crippen MR) is 58.2 cm³/mol. The van der Waals surface area contributed by atoms with Gasteiger partial charge in [0.15, 0.2) is 5.78 Å². The molecule has 0 spiro atoms. The number of urea groups is 1. The van der Waals surface area contributed by atoms with Crippen molar-refractivity contribution in [3.05, 3.63) is 22.4 Å². The molecule has 0 saturated carbocycles. The van der Waals surface area contributed by atoms with E-state index in [0.717, 1.165) is 6.42 Å². The lowest BCUT2D eigenvalue weighted by atomic mass is 10.00. The van der Waals surface area contributed by atoms with Gasteiger partial charge in [0.25, 0.3) is 0 Å². The molecule has 0 aliphatic carbocycles. The molecule has 4 nitrogen and oxygen atoms in total. The summed E-state index contributed by atoms with van der Waals surface area (Å²) >= 11 is 1.48. The molecule has 0 aromatic carbocycles. The maximum absolute atomic E-state index is 12.0. The van der Waals surface area contributed by atoms with Gasteiger partial charge < -0.3 is 10.6 Å². The Hall–Kier alpha value is -1.36. The molecule has 1 saturated heterocycles. The third-order valence-corrected chi connectivity index (χ3v) is 3.22. The molecule has 0 bridgehead atoms. The molecular weight excluding hydrogens is 212 g/mol. The molecule has 2 rings (SSSR count). The standard InChI is InChI=1S/C10H12N2O2S/c1-2-7-8(12-10(14)11-7)9(13)6-3-4-15-5-6/h3-5,7-8H,2H2,1H3,(H2,11,12,14). The molecule has 2 unspecified atom stereocenters. The summed E-state index contributed by atoms with van der Waals surface area (Å²) in [6.07, 6.45) is 0.749. The SMILES string of the molecule is CCC1NC(=O)NC1C(=O)c1ccsc1. The van der Waals surface area contributed by atoms with Gasteiger partial charge in [-0.15, -0.1) is 0 Å². The Bertz CT molecular complexity index is 375. The number of Topliss-reactive ketones (excluding diaryl/α,β-unsaturated/α-hetero) is 1. The molecular formula is C10H12N2O2S. The van der Waals surface area contributed by atoms with Crippen LogP contribution in [0, 0.1) is 0 Å². The first-order valence-electron chi connectivity index (χ1n) is 4.86. The third-order valence-electron chi connectivity index (χ3n) is 2.53. The quantitative estimate of drug-likeness (QED) is 0.762. The minimum Gasteiger partial charge on any atom is -0.333 e. The highest BCUT2D eigenvalue weighted by Gasteiger charge is 2.35. The zero-order valence-electron chi connectivity index (χ0n) is 8.32. The lowest BCUT2D eigenvalue weighted by Gasteiger charge is -2.14. The number of nitrogens with one attached hydrogen (secondary N) is 2. The molecule has 80 valence electrons. The average Bonchev–Trinajstić information content (AvgIpc) is 2.84. The van der Waals surface area contributed by atoms with Crippen LogP contribution in [0.2, 0.25) is 0 Å². The van der Waals surface area contributed by atoms with Gasteiger partial charge in [-0.1, -0.05) is 6.92 Å². The fraction of sp³-hybridized carbons (Fsp3) is 0.400. The number of hydrogen-bond acceptors (Lipinski definition) is 3. The summed E-state index contributed by atoms with van der Waals surface area (Å²) in [5, 5.41) is 9.04. The highest BCUT2D eigenvalue weighted by Crippen LogP contribution is 2.14. The smallest absolute Gasteiger partial charge is 0.315 e. The zero-order valence-corrected chi connectivity index (χ0v) is 9.14. The molecule has 1 fully saturated rings. The van der Waals surface area contributed by atoms with Gasteiger partial charge in [-0.2, -0.15) is 11.3 Å². The summed E-state index contributed by atoms with van der Waals surface area (Å²) < 4.78 is 0. The Balaban J connectivity index is 2.17. The van der Waals surface area contributed by atoms with Crippen LogP contribution in [0.4, 0.5) is 4.79 Å². The highest BCUT2D eigenvalue weighted by molar-refractivity contribution is 7.08. The Morgan fingerprint density at radius 3 is 2.93 bits per heavy atom. The van der Waals surface area contributed by atoms with E-state index in [0.29, 0.717) is 5.56 Å². The van der Waals surface area contributed by atoms with Crippen LogP contribution < -0.4 is 10.6 Å². The van der Waals surface area contributed by atoms with Crippen molar-refractivity contribution in [1.82, 2.24) is 10.6 Å². The van der Waals surface area contributed by atoms with Gasteiger partial charge in [0, 0.05) is 10.9 Å². The Morgan fingerprint density at radius 1 is 1.53 bits per heavy atom. The van der Waals surface area contributed by atoms with E-state index in [-0.39, 0.29) is 17.9 Å². The number of carbonyl (C=O) groups is 2. The van der Waals surface area contributed by atoms with Crippen molar-refractivity contribution < 1.29 is 9.59 Å². The molecule has 1 aliphatic heterocycles. The monoisotopic (exact) mass is 224 g/mol. The second-order valence-electron chi connectivity index (χ2n) is 3.49. The normalized spacial score (nSPS) is 24.7. The van der Waals surface area contributed by atoms with Gasteiger partial charge in [-0.25, -0.2) is 4.79 Å². The topological polar surface area (TPSA) is 58.2 Å². The van der Waals surface area contributed by atoms with Gasteiger partial charge in [-0.3, -0.25) is 4.79 Å². The van der Waals surface area contributed by atoms with Gasteiger partial charge in [0.2, 0.25) is 0 Å². The van der Waals surface area contributed by atoms with Gasteiger partial charge in [0.1, 0.15) is 6.04 Å². The fourth-order valence-electron chi connectivity index (χ4n) is 1.71. The number of carbonyl (C=O) groups excluding carboxylic acids is 2. The molecule has 0 radical (unpaired) electrons. The van der Waals surface area contributed by atoms with E-state index in [9.17, 15) is 9.59 Å². The van der Waals surface area contributed by atoms with E-state index < -0.39 is 6.04 Å². The van der Waals surface area contributed by atoms with Crippen LogP contribution in [0.3, 0.4) is 0 Å². The summed E-state index contributed by atoms with van der Waals surface area (Å²) in [5.74, 6) is -0.0125. The largest absolute Gasteiger partial charge is 0.333 e. The van der Waals surface area contributed by atoms with Gasteiger partial charge in [0.05, 0.1) is 6.04 Å². The van der Waals surface area contributed by atoms with Crippen LogP contribution in [-0.4, -0.2) is 23.9 Å². The first-order valence-corrected chi connectivity index (χ1v) is 5.80.